The summed E-state index contributed by atoms with van der Waals surface area (Å²) in [7, 11) is 0. The molecule has 0 saturated heterocycles. The Morgan fingerprint density at radius 3 is 2.95 bits per heavy atom. The number of hydrogen-bond acceptors (Lipinski definition) is 3. The zero-order valence-corrected chi connectivity index (χ0v) is 12.7. The zero-order chi connectivity index (χ0) is 14.8. The molecular formula is C16H13BrO4. The predicted octanol–water partition coefficient (Wildman–Crippen LogP) is 3.70. The number of carboxylic acid groups (broad SMARTS) is 1. The van der Waals surface area contributed by atoms with Crippen LogP contribution in [-0.4, -0.2) is 24.3 Å². The molecule has 2 aromatic rings. The summed E-state index contributed by atoms with van der Waals surface area (Å²) in [4.78, 5) is 11.2. The average Bonchev–Trinajstić information content (AvgIpc) is 2.89. The monoisotopic (exact) mass is 348 g/mol. The van der Waals surface area contributed by atoms with Crippen molar-refractivity contribution in [2.75, 3.05) is 13.2 Å². The highest BCUT2D eigenvalue weighted by Crippen LogP contribution is 2.34. The van der Waals surface area contributed by atoms with Crippen LogP contribution in [0.15, 0.2) is 46.9 Å². The second-order valence-corrected chi connectivity index (χ2v) is 5.72. The molecule has 4 nitrogen and oxygen atoms in total. The largest absolute Gasteiger partial charge is 0.493 e. The summed E-state index contributed by atoms with van der Waals surface area (Å²) >= 11 is 3.26. The number of para-hydroxylation sites is 1. The van der Waals surface area contributed by atoms with E-state index in [2.05, 4.69) is 15.9 Å². The van der Waals surface area contributed by atoms with Crippen molar-refractivity contribution in [3.63, 3.8) is 0 Å². The Bertz CT molecular complexity index is 684. The molecule has 0 radical (unpaired) electrons. The van der Waals surface area contributed by atoms with E-state index in [1.54, 1.807) is 12.1 Å². The Morgan fingerprint density at radius 1 is 1.33 bits per heavy atom. The number of fused-ring (bicyclic) bond motifs is 1. The molecule has 0 spiro atoms. The van der Waals surface area contributed by atoms with E-state index in [-0.39, 0.29) is 11.5 Å². The molecule has 1 atom stereocenters. The van der Waals surface area contributed by atoms with Gasteiger partial charge in [-0.25, -0.2) is 4.79 Å². The Balaban J connectivity index is 1.76. The highest BCUT2D eigenvalue weighted by molar-refractivity contribution is 9.10. The van der Waals surface area contributed by atoms with Gasteiger partial charge in [-0.1, -0.05) is 34.1 Å². The van der Waals surface area contributed by atoms with Crippen LogP contribution < -0.4 is 9.47 Å². The summed E-state index contributed by atoms with van der Waals surface area (Å²) in [5.41, 5.74) is 1.25. The molecule has 5 heteroatoms. The molecule has 0 fully saturated rings. The number of ether oxygens (including phenoxy) is 2. The lowest BCUT2D eigenvalue weighted by Gasteiger charge is -2.13. The molecule has 1 unspecified atom stereocenters. The maximum atomic E-state index is 11.2. The molecule has 1 aliphatic heterocycles. The first kappa shape index (κ1) is 13.9. The SMILES string of the molecule is O=C(O)c1cc(Br)ccc1OCC1COc2ccccc21. The van der Waals surface area contributed by atoms with Crippen LogP contribution in [0.4, 0.5) is 0 Å². The first-order chi connectivity index (χ1) is 10.1. The maximum Gasteiger partial charge on any atom is 0.339 e. The summed E-state index contributed by atoms with van der Waals surface area (Å²) in [6.07, 6.45) is 0. The summed E-state index contributed by atoms with van der Waals surface area (Å²) in [5, 5.41) is 9.21. The fraction of sp³-hybridized carbons (Fsp3) is 0.188. The fourth-order valence-electron chi connectivity index (χ4n) is 2.35. The van der Waals surface area contributed by atoms with Crippen LogP contribution >= 0.6 is 15.9 Å². The number of carboxylic acids is 1. The molecule has 2 aromatic carbocycles. The van der Waals surface area contributed by atoms with Crippen LogP contribution in [0.3, 0.4) is 0 Å². The highest BCUT2D eigenvalue weighted by atomic mass is 79.9. The van der Waals surface area contributed by atoms with Gasteiger partial charge in [-0.3, -0.25) is 0 Å². The Hall–Kier alpha value is -2.01. The quantitative estimate of drug-likeness (QED) is 0.915. The molecule has 108 valence electrons. The molecule has 0 amide bonds. The van der Waals surface area contributed by atoms with Gasteiger partial charge in [0, 0.05) is 10.0 Å². The molecule has 3 rings (SSSR count). The summed E-state index contributed by atoms with van der Waals surface area (Å²) in [5.74, 6) is 0.358. The molecule has 1 aliphatic rings. The van der Waals surface area contributed by atoms with E-state index in [1.165, 1.54) is 6.07 Å². The second-order valence-electron chi connectivity index (χ2n) is 4.80. The topological polar surface area (TPSA) is 55.8 Å². The molecule has 21 heavy (non-hydrogen) atoms. The van der Waals surface area contributed by atoms with Gasteiger partial charge >= 0.3 is 5.97 Å². The van der Waals surface area contributed by atoms with E-state index < -0.39 is 5.97 Å². The number of carbonyl (C=O) groups is 1. The van der Waals surface area contributed by atoms with E-state index in [9.17, 15) is 9.90 Å². The van der Waals surface area contributed by atoms with Crippen LogP contribution in [0.2, 0.25) is 0 Å². The minimum Gasteiger partial charge on any atom is -0.493 e. The third kappa shape index (κ3) is 2.88. The van der Waals surface area contributed by atoms with E-state index >= 15 is 0 Å². The van der Waals surface area contributed by atoms with Crippen molar-refractivity contribution >= 4 is 21.9 Å². The van der Waals surface area contributed by atoms with Crippen molar-refractivity contribution in [1.82, 2.24) is 0 Å². The van der Waals surface area contributed by atoms with Crippen LogP contribution in [-0.2, 0) is 0 Å². The van der Waals surface area contributed by atoms with Gasteiger partial charge in [-0.15, -0.1) is 0 Å². The summed E-state index contributed by atoms with van der Waals surface area (Å²) < 4.78 is 12.0. The number of benzene rings is 2. The molecular weight excluding hydrogens is 336 g/mol. The van der Waals surface area contributed by atoms with Gasteiger partial charge in [0.25, 0.3) is 0 Å². The smallest absolute Gasteiger partial charge is 0.339 e. The molecule has 0 aromatic heterocycles. The Morgan fingerprint density at radius 2 is 2.14 bits per heavy atom. The van der Waals surface area contributed by atoms with Crippen LogP contribution in [0.25, 0.3) is 0 Å². The Kier molecular flexibility index (Phi) is 3.84. The second kappa shape index (κ2) is 5.77. The lowest BCUT2D eigenvalue weighted by molar-refractivity contribution is 0.0691. The summed E-state index contributed by atoms with van der Waals surface area (Å²) in [6.45, 7) is 0.942. The third-order valence-corrected chi connectivity index (χ3v) is 3.90. The van der Waals surface area contributed by atoms with Crippen molar-refractivity contribution in [1.29, 1.82) is 0 Å². The van der Waals surface area contributed by atoms with Crippen LogP contribution in [0, 0.1) is 0 Å². The van der Waals surface area contributed by atoms with Gasteiger partial charge in [0.05, 0.1) is 19.1 Å². The molecule has 0 saturated carbocycles. The molecule has 1 heterocycles. The van der Waals surface area contributed by atoms with E-state index in [0.717, 1.165) is 11.3 Å². The van der Waals surface area contributed by atoms with Crippen molar-refractivity contribution < 1.29 is 19.4 Å². The third-order valence-electron chi connectivity index (χ3n) is 3.41. The molecule has 0 aliphatic carbocycles. The first-order valence-electron chi connectivity index (χ1n) is 6.52. The zero-order valence-electron chi connectivity index (χ0n) is 11.1. The minimum absolute atomic E-state index is 0.117. The highest BCUT2D eigenvalue weighted by Gasteiger charge is 2.24. The van der Waals surface area contributed by atoms with Gasteiger partial charge in [0.2, 0.25) is 0 Å². The number of halogens is 1. The van der Waals surface area contributed by atoms with Gasteiger partial charge in [0.1, 0.15) is 17.1 Å². The fourth-order valence-corrected chi connectivity index (χ4v) is 2.71. The summed E-state index contributed by atoms with van der Waals surface area (Å²) in [6, 6.07) is 12.8. The van der Waals surface area contributed by atoms with E-state index in [1.807, 2.05) is 24.3 Å². The van der Waals surface area contributed by atoms with Crippen LogP contribution in [0.1, 0.15) is 21.8 Å². The average molecular weight is 349 g/mol. The normalized spacial score (nSPS) is 16.1. The van der Waals surface area contributed by atoms with Gasteiger partial charge in [0.15, 0.2) is 0 Å². The number of aromatic carboxylic acids is 1. The Labute approximate surface area is 130 Å². The van der Waals surface area contributed by atoms with Gasteiger partial charge in [-0.05, 0) is 24.3 Å². The molecule has 0 bridgehead atoms. The van der Waals surface area contributed by atoms with Crippen molar-refractivity contribution in [3.05, 3.63) is 58.1 Å². The number of hydrogen-bond donors (Lipinski definition) is 1. The number of rotatable bonds is 4. The van der Waals surface area contributed by atoms with Gasteiger partial charge < -0.3 is 14.6 Å². The van der Waals surface area contributed by atoms with E-state index in [4.69, 9.17) is 9.47 Å². The maximum absolute atomic E-state index is 11.2. The standard InChI is InChI=1S/C16H13BrO4/c17-11-5-6-15(13(7-11)16(18)19)21-9-10-8-20-14-4-2-1-3-12(10)14/h1-7,10H,8-9H2,(H,18,19). The predicted molar refractivity (Wildman–Crippen MR) is 81.3 cm³/mol. The lowest BCUT2D eigenvalue weighted by Crippen LogP contribution is -2.13. The lowest BCUT2D eigenvalue weighted by atomic mass is 10.0. The van der Waals surface area contributed by atoms with Crippen molar-refractivity contribution in [3.8, 4) is 11.5 Å². The van der Waals surface area contributed by atoms with Crippen molar-refractivity contribution in [2.45, 2.75) is 5.92 Å². The van der Waals surface area contributed by atoms with Crippen LogP contribution in [0.5, 0.6) is 11.5 Å². The van der Waals surface area contributed by atoms with Gasteiger partial charge in [-0.2, -0.15) is 0 Å². The first-order valence-corrected chi connectivity index (χ1v) is 7.32. The molecule has 1 N–H and O–H groups in total. The van der Waals surface area contributed by atoms with E-state index in [0.29, 0.717) is 23.4 Å². The minimum atomic E-state index is -1.01. The van der Waals surface area contributed by atoms with Crippen molar-refractivity contribution in [2.24, 2.45) is 0 Å².